The van der Waals surface area contributed by atoms with Gasteiger partial charge in [0, 0.05) is 33.5 Å². The normalized spacial score (nSPS) is 11.4. The van der Waals surface area contributed by atoms with Gasteiger partial charge in [-0.3, -0.25) is 0 Å². The van der Waals surface area contributed by atoms with E-state index in [0.717, 1.165) is 28.3 Å². The van der Waals surface area contributed by atoms with Gasteiger partial charge in [0.25, 0.3) is 0 Å². The minimum absolute atomic E-state index is 1.09. The van der Waals surface area contributed by atoms with Gasteiger partial charge < -0.3 is 9.47 Å². The first kappa shape index (κ1) is 37.3. The van der Waals surface area contributed by atoms with Crippen LogP contribution in [0.5, 0.6) is 0 Å². The first-order valence-corrected chi connectivity index (χ1v) is 22.0. The standard InChI is InChI=1S/C62H42N2/c1-3-14-43(15-4-1)48-20-11-21-49(38-48)45-30-34-55(35-31-45)63(56-36-32-46(33-37-56)52-29-28-44-16-7-8-17-47(44)39-52)57-25-12-22-53(40-57)58-26-13-27-60-62(58)59-41-50-18-9-10-19-51(50)42-61(59)64(60)54-23-5-2-6-24-54/h1-42H. The average Bonchev–Trinajstić information content (AvgIpc) is 3.70. The molecule has 0 fully saturated rings. The number of aromatic nitrogens is 1. The molecule has 0 unspecified atom stereocenters. The Morgan fingerprint density at radius 3 is 1.45 bits per heavy atom. The highest BCUT2D eigenvalue weighted by Gasteiger charge is 2.19. The molecule has 0 saturated heterocycles. The Balaban J connectivity index is 0.996. The smallest absolute Gasteiger partial charge is 0.0547 e. The van der Waals surface area contributed by atoms with Gasteiger partial charge in [-0.1, -0.05) is 176 Å². The molecule has 64 heavy (non-hydrogen) atoms. The van der Waals surface area contributed by atoms with Gasteiger partial charge in [0.15, 0.2) is 0 Å². The van der Waals surface area contributed by atoms with Crippen LogP contribution in [0.2, 0.25) is 0 Å². The molecule has 1 aromatic heterocycles. The largest absolute Gasteiger partial charge is 0.310 e. The lowest BCUT2D eigenvalue weighted by molar-refractivity contribution is 1.18. The monoisotopic (exact) mass is 814 g/mol. The highest BCUT2D eigenvalue weighted by atomic mass is 15.1. The van der Waals surface area contributed by atoms with Crippen LogP contribution in [-0.2, 0) is 0 Å². The summed E-state index contributed by atoms with van der Waals surface area (Å²) in [5, 5.41) is 7.45. The van der Waals surface area contributed by atoms with E-state index in [1.54, 1.807) is 0 Å². The molecule has 0 aliphatic rings. The third kappa shape index (κ3) is 6.70. The number of nitrogens with zero attached hydrogens (tertiary/aromatic N) is 2. The molecule has 12 aromatic rings. The van der Waals surface area contributed by atoms with Gasteiger partial charge in [-0.2, -0.15) is 0 Å². The Labute approximate surface area is 373 Å². The quantitative estimate of drug-likeness (QED) is 0.148. The zero-order chi connectivity index (χ0) is 42.4. The van der Waals surface area contributed by atoms with Crippen LogP contribution in [0.3, 0.4) is 0 Å². The summed E-state index contributed by atoms with van der Waals surface area (Å²) < 4.78 is 2.42. The number of rotatable bonds is 8. The SMILES string of the molecule is c1ccc(-c2cccc(-c3ccc(N(c4ccc(-c5ccc6ccccc6c5)cc4)c4cccc(-c5cccc6c5c5cc7ccccc7cc5n6-c5ccccc5)c4)cc3)c2)cc1. The molecule has 0 saturated carbocycles. The van der Waals surface area contributed by atoms with Crippen LogP contribution >= 0.6 is 0 Å². The van der Waals surface area contributed by atoms with Crippen molar-refractivity contribution in [1.29, 1.82) is 0 Å². The van der Waals surface area contributed by atoms with Crippen LogP contribution in [0.4, 0.5) is 17.1 Å². The molecule has 0 spiro atoms. The summed E-state index contributed by atoms with van der Waals surface area (Å²) in [5.74, 6) is 0. The van der Waals surface area contributed by atoms with Crippen LogP contribution in [0.25, 0.3) is 93.5 Å². The molecule has 0 amide bonds. The highest BCUT2D eigenvalue weighted by molar-refractivity contribution is 6.18. The fraction of sp³-hybridized carbons (Fsp3) is 0. The van der Waals surface area contributed by atoms with Crippen molar-refractivity contribution in [1.82, 2.24) is 4.57 Å². The first-order valence-electron chi connectivity index (χ1n) is 22.0. The van der Waals surface area contributed by atoms with Crippen molar-refractivity contribution in [3.05, 3.63) is 255 Å². The number of benzene rings is 11. The fourth-order valence-corrected chi connectivity index (χ4v) is 9.59. The summed E-state index contributed by atoms with van der Waals surface area (Å²) >= 11 is 0. The van der Waals surface area contributed by atoms with Crippen molar-refractivity contribution in [3.63, 3.8) is 0 Å². The van der Waals surface area contributed by atoms with Crippen molar-refractivity contribution < 1.29 is 0 Å². The molecule has 0 N–H and O–H groups in total. The fourth-order valence-electron chi connectivity index (χ4n) is 9.59. The molecule has 12 rings (SSSR count). The van der Waals surface area contributed by atoms with E-state index in [9.17, 15) is 0 Å². The molecule has 11 aromatic carbocycles. The van der Waals surface area contributed by atoms with Gasteiger partial charge in [0.1, 0.15) is 0 Å². The minimum Gasteiger partial charge on any atom is -0.310 e. The lowest BCUT2D eigenvalue weighted by atomic mass is 9.97. The van der Waals surface area contributed by atoms with E-state index >= 15 is 0 Å². The van der Waals surface area contributed by atoms with E-state index < -0.39 is 0 Å². The summed E-state index contributed by atoms with van der Waals surface area (Å²) in [5.41, 5.74) is 16.4. The number of hydrogen-bond acceptors (Lipinski definition) is 1. The second-order valence-electron chi connectivity index (χ2n) is 16.6. The van der Waals surface area contributed by atoms with Crippen LogP contribution < -0.4 is 4.90 Å². The molecule has 0 atom stereocenters. The van der Waals surface area contributed by atoms with Crippen LogP contribution in [0, 0.1) is 0 Å². The van der Waals surface area contributed by atoms with Gasteiger partial charge in [0.2, 0.25) is 0 Å². The summed E-state index contributed by atoms with van der Waals surface area (Å²) in [4.78, 5) is 2.39. The van der Waals surface area contributed by atoms with Gasteiger partial charge >= 0.3 is 0 Å². The number of anilines is 3. The lowest BCUT2D eigenvalue weighted by Gasteiger charge is -2.26. The molecule has 1 heterocycles. The average molecular weight is 815 g/mol. The lowest BCUT2D eigenvalue weighted by Crippen LogP contribution is -2.10. The third-order valence-electron chi connectivity index (χ3n) is 12.7. The highest BCUT2D eigenvalue weighted by Crippen LogP contribution is 2.43. The van der Waals surface area contributed by atoms with Crippen LogP contribution in [-0.4, -0.2) is 4.57 Å². The van der Waals surface area contributed by atoms with Crippen molar-refractivity contribution in [3.8, 4) is 50.2 Å². The van der Waals surface area contributed by atoms with E-state index in [4.69, 9.17) is 0 Å². The Hall–Kier alpha value is -8.46. The van der Waals surface area contributed by atoms with Crippen molar-refractivity contribution >= 4 is 60.4 Å². The molecule has 0 aliphatic heterocycles. The number of hydrogen-bond donors (Lipinski definition) is 0. The van der Waals surface area contributed by atoms with Gasteiger partial charge in [-0.25, -0.2) is 0 Å². The maximum atomic E-state index is 2.42. The molecule has 0 aliphatic carbocycles. The van der Waals surface area contributed by atoms with E-state index in [1.807, 2.05) is 0 Å². The molecule has 0 bridgehead atoms. The van der Waals surface area contributed by atoms with Gasteiger partial charge in [-0.15, -0.1) is 0 Å². The van der Waals surface area contributed by atoms with Crippen molar-refractivity contribution in [2.24, 2.45) is 0 Å². The maximum Gasteiger partial charge on any atom is 0.0547 e. The van der Waals surface area contributed by atoms with Crippen LogP contribution in [0.15, 0.2) is 255 Å². The van der Waals surface area contributed by atoms with E-state index in [-0.39, 0.29) is 0 Å². The minimum atomic E-state index is 1.09. The number of para-hydroxylation sites is 1. The molecular weight excluding hydrogens is 773 g/mol. The molecule has 2 nitrogen and oxygen atoms in total. The summed E-state index contributed by atoms with van der Waals surface area (Å²) in [6.07, 6.45) is 0. The number of fused-ring (bicyclic) bond motifs is 5. The molecule has 2 heteroatoms. The summed E-state index contributed by atoms with van der Waals surface area (Å²) in [6.45, 7) is 0. The van der Waals surface area contributed by atoms with E-state index in [2.05, 4.69) is 264 Å². The van der Waals surface area contributed by atoms with E-state index in [0.29, 0.717) is 0 Å². The topological polar surface area (TPSA) is 8.17 Å². The van der Waals surface area contributed by atoms with Crippen molar-refractivity contribution in [2.75, 3.05) is 4.90 Å². The summed E-state index contributed by atoms with van der Waals surface area (Å²) in [6, 6.07) is 92.7. The predicted molar refractivity (Wildman–Crippen MR) is 272 cm³/mol. The summed E-state index contributed by atoms with van der Waals surface area (Å²) in [7, 11) is 0. The Morgan fingerprint density at radius 2 is 0.766 bits per heavy atom. The molecular formula is C62H42N2. The third-order valence-corrected chi connectivity index (χ3v) is 12.7. The second kappa shape index (κ2) is 15.8. The Kier molecular flexibility index (Phi) is 9.20. The van der Waals surface area contributed by atoms with Crippen molar-refractivity contribution in [2.45, 2.75) is 0 Å². The Morgan fingerprint density at radius 1 is 0.266 bits per heavy atom. The van der Waals surface area contributed by atoms with Gasteiger partial charge in [-0.05, 0) is 145 Å². The predicted octanol–water partition coefficient (Wildman–Crippen LogP) is 17.2. The zero-order valence-corrected chi connectivity index (χ0v) is 35.1. The zero-order valence-electron chi connectivity index (χ0n) is 35.1. The molecule has 300 valence electrons. The van der Waals surface area contributed by atoms with Gasteiger partial charge in [0.05, 0.1) is 11.0 Å². The Bertz CT molecular complexity index is 3640. The molecule has 0 radical (unpaired) electrons. The maximum absolute atomic E-state index is 2.42. The first-order chi connectivity index (χ1) is 31.7. The van der Waals surface area contributed by atoms with Crippen LogP contribution in [0.1, 0.15) is 0 Å². The van der Waals surface area contributed by atoms with E-state index in [1.165, 1.54) is 82.3 Å². The second-order valence-corrected chi connectivity index (χ2v) is 16.6.